The van der Waals surface area contributed by atoms with Crippen LogP contribution in [0, 0.1) is 0 Å². The van der Waals surface area contributed by atoms with Gasteiger partial charge in [-0.25, -0.2) is 0 Å². The van der Waals surface area contributed by atoms with Gasteiger partial charge in [-0.2, -0.15) is 14.6 Å². The van der Waals surface area contributed by atoms with Crippen LogP contribution in [0.5, 0.6) is 0 Å². The first-order chi connectivity index (χ1) is 10.6. The molecule has 0 radical (unpaired) electrons. The molecule has 108 valence electrons. The molecule has 0 spiro atoms. The number of imide groups is 1. The zero-order chi connectivity index (χ0) is 15.3. The van der Waals surface area contributed by atoms with Crippen LogP contribution in [-0.4, -0.2) is 31.3 Å². The van der Waals surface area contributed by atoms with Gasteiger partial charge in [-0.3, -0.25) is 19.3 Å². The average molecular weight is 312 g/mol. The predicted octanol–water partition coefficient (Wildman–Crippen LogP) is 0.947. The van der Waals surface area contributed by atoms with E-state index in [4.69, 9.17) is 0 Å². The number of thiazole rings is 1. The fourth-order valence-electron chi connectivity index (χ4n) is 2.37. The summed E-state index contributed by atoms with van der Waals surface area (Å²) in [5.74, 6) is -0.804. The number of aromatic nitrogens is 3. The van der Waals surface area contributed by atoms with Crippen molar-refractivity contribution in [2.45, 2.75) is 6.54 Å². The Balaban J connectivity index is 1.79. The largest absolute Gasteiger partial charge is 0.292 e. The maximum absolute atomic E-state index is 12.5. The lowest BCUT2D eigenvalue weighted by Gasteiger charge is -2.13. The second kappa shape index (κ2) is 4.57. The van der Waals surface area contributed by atoms with Crippen LogP contribution in [0.3, 0.4) is 0 Å². The van der Waals surface area contributed by atoms with Crippen molar-refractivity contribution in [3.05, 3.63) is 63.0 Å². The lowest BCUT2D eigenvalue weighted by molar-refractivity contribution is 0.0640. The van der Waals surface area contributed by atoms with Crippen LogP contribution in [0.4, 0.5) is 0 Å². The van der Waals surface area contributed by atoms with Gasteiger partial charge in [0.05, 0.1) is 6.54 Å². The first kappa shape index (κ1) is 12.8. The summed E-state index contributed by atoms with van der Waals surface area (Å²) in [5, 5.41) is 3.89. The van der Waals surface area contributed by atoms with Crippen LogP contribution in [-0.2, 0) is 6.54 Å². The highest BCUT2D eigenvalue weighted by Crippen LogP contribution is 2.30. The Kier molecular flexibility index (Phi) is 2.67. The Labute approximate surface area is 127 Å². The number of hydrogen-bond donors (Lipinski definition) is 0. The summed E-state index contributed by atoms with van der Waals surface area (Å²) in [7, 11) is 0. The summed E-state index contributed by atoms with van der Waals surface area (Å²) in [4.78, 5) is 41.6. The molecule has 22 heavy (non-hydrogen) atoms. The lowest BCUT2D eigenvalue weighted by Crippen LogP contribution is -2.30. The first-order valence-corrected chi connectivity index (χ1v) is 7.26. The van der Waals surface area contributed by atoms with E-state index < -0.39 is 11.5 Å². The molecule has 0 unspecified atom stereocenters. The van der Waals surface area contributed by atoms with Gasteiger partial charge >= 0.3 is 0 Å². The van der Waals surface area contributed by atoms with Crippen LogP contribution in [0.25, 0.3) is 4.96 Å². The Morgan fingerprint density at radius 1 is 1.05 bits per heavy atom. The minimum absolute atomic E-state index is 0.174. The van der Waals surface area contributed by atoms with Gasteiger partial charge in [-0.1, -0.05) is 41.7 Å². The Bertz CT molecular complexity index is 977. The molecule has 7 nitrogen and oxygen atoms in total. The Morgan fingerprint density at radius 3 is 2.59 bits per heavy atom. The van der Waals surface area contributed by atoms with E-state index >= 15 is 0 Å². The van der Waals surface area contributed by atoms with E-state index in [0.717, 1.165) is 23.1 Å². The van der Waals surface area contributed by atoms with Crippen molar-refractivity contribution in [2.75, 3.05) is 0 Å². The van der Waals surface area contributed by atoms with Crippen molar-refractivity contribution < 1.29 is 9.59 Å². The summed E-state index contributed by atoms with van der Waals surface area (Å²) in [6.07, 6.45) is 1.03. The molecule has 3 aromatic rings. The van der Waals surface area contributed by atoms with E-state index in [0.29, 0.717) is 0 Å². The van der Waals surface area contributed by atoms with Crippen LogP contribution in [0.2, 0.25) is 0 Å². The molecule has 1 aliphatic rings. The third kappa shape index (κ3) is 1.77. The molecule has 0 saturated carbocycles. The Hall–Kier alpha value is -2.87. The lowest BCUT2D eigenvalue weighted by atomic mass is 10.2. The predicted molar refractivity (Wildman–Crippen MR) is 77.8 cm³/mol. The summed E-state index contributed by atoms with van der Waals surface area (Å²) >= 11 is 1.00. The van der Waals surface area contributed by atoms with E-state index in [1.165, 1.54) is 9.42 Å². The molecule has 0 N–H and O–H groups in total. The van der Waals surface area contributed by atoms with E-state index in [9.17, 15) is 14.4 Å². The quantitative estimate of drug-likeness (QED) is 0.658. The highest BCUT2D eigenvalue weighted by Gasteiger charge is 2.40. The summed E-state index contributed by atoms with van der Waals surface area (Å²) < 4.78 is 1.26. The molecule has 0 aliphatic carbocycles. The minimum atomic E-state index is -0.499. The van der Waals surface area contributed by atoms with Crippen LogP contribution in [0.1, 0.15) is 25.7 Å². The van der Waals surface area contributed by atoms with Crippen molar-refractivity contribution in [3.63, 3.8) is 0 Å². The molecule has 0 bridgehead atoms. The van der Waals surface area contributed by atoms with Gasteiger partial charge in [-0.15, -0.1) is 0 Å². The number of hydrogen-bond acceptors (Lipinski definition) is 6. The number of amides is 2. The van der Waals surface area contributed by atoms with Crippen molar-refractivity contribution >= 4 is 28.1 Å². The van der Waals surface area contributed by atoms with E-state index in [1.807, 2.05) is 30.3 Å². The second-order valence-corrected chi connectivity index (χ2v) is 5.73. The molecule has 3 heterocycles. The fourth-order valence-corrected chi connectivity index (χ4v) is 3.38. The maximum atomic E-state index is 12.5. The molecular weight excluding hydrogens is 304 g/mol. The highest BCUT2D eigenvalue weighted by atomic mass is 32.1. The van der Waals surface area contributed by atoms with Crippen molar-refractivity contribution in [1.29, 1.82) is 0 Å². The second-order valence-electron chi connectivity index (χ2n) is 4.75. The third-order valence-corrected chi connectivity index (χ3v) is 4.38. The first-order valence-electron chi connectivity index (χ1n) is 6.44. The zero-order valence-electron chi connectivity index (χ0n) is 11.1. The smallest absolute Gasteiger partial charge is 0.268 e. The molecule has 0 atom stereocenters. The molecule has 1 aromatic carbocycles. The van der Waals surface area contributed by atoms with E-state index in [1.54, 1.807) is 0 Å². The number of carbonyl (C=O) groups excluding carboxylic acids is 2. The minimum Gasteiger partial charge on any atom is -0.268 e. The SMILES string of the molecule is O=C1c2sc3nc(=O)cnn3c2C(=O)N1Cc1ccccc1. The number of nitrogens with zero attached hydrogens (tertiary/aromatic N) is 4. The van der Waals surface area contributed by atoms with Gasteiger partial charge in [0.1, 0.15) is 11.1 Å². The standard InChI is InChI=1S/C14H8N4O3S/c19-9-6-15-18-10-11(22-14(18)16-9)13(21)17(12(10)20)7-8-4-2-1-3-5-8/h1-6H,7H2. The molecular formula is C14H8N4O3S. The summed E-state index contributed by atoms with van der Waals surface area (Å²) in [6.45, 7) is 0.203. The van der Waals surface area contributed by atoms with Crippen molar-refractivity contribution in [3.8, 4) is 0 Å². The van der Waals surface area contributed by atoms with Gasteiger partial charge in [0.25, 0.3) is 17.4 Å². The van der Waals surface area contributed by atoms with E-state index in [-0.39, 0.29) is 28.0 Å². The monoisotopic (exact) mass is 312 g/mol. The summed E-state index contributed by atoms with van der Waals surface area (Å²) in [5.41, 5.74) is 0.538. The number of fused-ring (bicyclic) bond motifs is 3. The van der Waals surface area contributed by atoms with E-state index in [2.05, 4.69) is 10.1 Å². The average Bonchev–Trinajstić information content (AvgIpc) is 2.99. The van der Waals surface area contributed by atoms with Gasteiger partial charge in [0.15, 0.2) is 5.69 Å². The number of carbonyl (C=O) groups is 2. The normalized spacial score (nSPS) is 13.9. The zero-order valence-corrected chi connectivity index (χ0v) is 11.9. The van der Waals surface area contributed by atoms with Crippen molar-refractivity contribution in [1.82, 2.24) is 19.5 Å². The molecule has 2 aromatic heterocycles. The van der Waals surface area contributed by atoms with Gasteiger partial charge in [-0.05, 0) is 5.56 Å². The number of rotatable bonds is 2. The highest BCUT2D eigenvalue weighted by molar-refractivity contribution is 7.19. The number of benzene rings is 1. The Morgan fingerprint density at radius 2 is 1.82 bits per heavy atom. The topological polar surface area (TPSA) is 84.6 Å². The van der Waals surface area contributed by atoms with Gasteiger partial charge < -0.3 is 0 Å². The molecule has 1 aliphatic heterocycles. The molecule has 0 fully saturated rings. The van der Waals surface area contributed by atoms with Gasteiger partial charge in [0.2, 0.25) is 4.96 Å². The van der Waals surface area contributed by atoms with Crippen LogP contribution < -0.4 is 5.56 Å². The maximum Gasteiger partial charge on any atom is 0.292 e. The summed E-state index contributed by atoms with van der Waals surface area (Å²) in [6, 6.07) is 9.26. The van der Waals surface area contributed by atoms with Crippen LogP contribution >= 0.6 is 11.3 Å². The van der Waals surface area contributed by atoms with Crippen LogP contribution in [0.15, 0.2) is 41.3 Å². The third-order valence-electron chi connectivity index (χ3n) is 3.36. The molecule has 4 rings (SSSR count). The molecule has 8 heteroatoms. The van der Waals surface area contributed by atoms with Crippen molar-refractivity contribution in [2.24, 2.45) is 0 Å². The molecule has 2 amide bonds. The van der Waals surface area contributed by atoms with Gasteiger partial charge in [0, 0.05) is 0 Å². The fraction of sp³-hybridized carbons (Fsp3) is 0.0714. The molecule has 0 saturated heterocycles.